The molecule has 1 nitrogen and oxygen atoms in total. The maximum absolute atomic E-state index is 9.85. The minimum atomic E-state index is -0.143. The highest BCUT2D eigenvalue weighted by molar-refractivity contribution is 5.10. The lowest BCUT2D eigenvalue weighted by Gasteiger charge is -2.24. The standard InChI is InChI=1S/C15H28O/c1-12(11-15(2,3)4)9-10-13-7-5-6-8-14(13)16/h10,12,14,16H,5-9,11H2,1-4H3. The fraction of sp³-hybridized carbons (Fsp3) is 0.867. The predicted octanol–water partition coefficient (Wildman–Crippen LogP) is 4.31. The normalized spacial score (nSPS) is 27.1. The predicted molar refractivity (Wildman–Crippen MR) is 70.4 cm³/mol. The van der Waals surface area contributed by atoms with Crippen molar-refractivity contribution in [1.82, 2.24) is 0 Å². The summed E-state index contributed by atoms with van der Waals surface area (Å²) in [4.78, 5) is 0. The molecular formula is C15H28O. The Morgan fingerprint density at radius 3 is 2.62 bits per heavy atom. The van der Waals surface area contributed by atoms with Crippen LogP contribution < -0.4 is 0 Å². The van der Waals surface area contributed by atoms with Crippen molar-refractivity contribution < 1.29 is 5.11 Å². The fourth-order valence-corrected chi connectivity index (χ4v) is 2.74. The number of aliphatic hydroxyl groups excluding tert-OH is 1. The molecule has 0 aliphatic heterocycles. The van der Waals surface area contributed by atoms with Crippen LogP contribution in [0.1, 0.15) is 66.2 Å². The van der Waals surface area contributed by atoms with E-state index in [1.54, 1.807) is 0 Å². The smallest absolute Gasteiger partial charge is 0.0750 e. The van der Waals surface area contributed by atoms with E-state index in [-0.39, 0.29) is 6.10 Å². The van der Waals surface area contributed by atoms with Gasteiger partial charge in [0, 0.05) is 0 Å². The van der Waals surface area contributed by atoms with Crippen molar-refractivity contribution in [3.05, 3.63) is 11.6 Å². The van der Waals surface area contributed by atoms with Crippen molar-refractivity contribution in [3.8, 4) is 0 Å². The topological polar surface area (TPSA) is 20.2 Å². The van der Waals surface area contributed by atoms with Crippen molar-refractivity contribution >= 4 is 0 Å². The molecule has 0 spiro atoms. The van der Waals surface area contributed by atoms with Crippen molar-refractivity contribution in [3.63, 3.8) is 0 Å². The second kappa shape index (κ2) is 5.86. The molecule has 0 aromatic rings. The van der Waals surface area contributed by atoms with Gasteiger partial charge in [0.15, 0.2) is 0 Å². The zero-order chi connectivity index (χ0) is 12.2. The van der Waals surface area contributed by atoms with Crippen molar-refractivity contribution in [1.29, 1.82) is 0 Å². The van der Waals surface area contributed by atoms with E-state index in [9.17, 15) is 5.11 Å². The van der Waals surface area contributed by atoms with Crippen LogP contribution in [0.25, 0.3) is 0 Å². The molecule has 16 heavy (non-hydrogen) atoms. The van der Waals surface area contributed by atoms with Gasteiger partial charge in [-0.25, -0.2) is 0 Å². The second-order valence-electron chi connectivity index (χ2n) is 6.65. The zero-order valence-corrected chi connectivity index (χ0v) is 11.4. The summed E-state index contributed by atoms with van der Waals surface area (Å²) in [7, 11) is 0. The number of hydrogen-bond donors (Lipinski definition) is 1. The lowest BCUT2D eigenvalue weighted by atomic mass is 9.83. The van der Waals surface area contributed by atoms with Crippen LogP contribution in [0.2, 0.25) is 0 Å². The summed E-state index contributed by atoms with van der Waals surface area (Å²) in [5.41, 5.74) is 1.72. The van der Waals surface area contributed by atoms with Gasteiger partial charge in [-0.05, 0) is 49.0 Å². The van der Waals surface area contributed by atoms with Gasteiger partial charge in [0.1, 0.15) is 0 Å². The highest BCUT2D eigenvalue weighted by atomic mass is 16.3. The quantitative estimate of drug-likeness (QED) is 0.708. The van der Waals surface area contributed by atoms with Gasteiger partial charge in [-0.2, -0.15) is 0 Å². The lowest BCUT2D eigenvalue weighted by molar-refractivity contribution is 0.177. The monoisotopic (exact) mass is 224 g/mol. The Morgan fingerprint density at radius 1 is 1.38 bits per heavy atom. The molecule has 1 aliphatic rings. The van der Waals surface area contributed by atoms with Crippen molar-refractivity contribution in [2.75, 3.05) is 0 Å². The molecule has 0 aromatic carbocycles. The number of rotatable bonds is 3. The summed E-state index contributed by atoms with van der Waals surface area (Å²) >= 11 is 0. The molecule has 0 amide bonds. The fourth-order valence-electron chi connectivity index (χ4n) is 2.74. The minimum Gasteiger partial charge on any atom is -0.389 e. The molecule has 1 N–H and O–H groups in total. The maximum atomic E-state index is 9.85. The number of hydrogen-bond acceptors (Lipinski definition) is 1. The second-order valence-corrected chi connectivity index (χ2v) is 6.65. The van der Waals surface area contributed by atoms with Gasteiger partial charge in [-0.1, -0.05) is 40.2 Å². The maximum Gasteiger partial charge on any atom is 0.0750 e. The van der Waals surface area contributed by atoms with Gasteiger partial charge in [-0.15, -0.1) is 0 Å². The van der Waals surface area contributed by atoms with Crippen molar-refractivity contribution in [2.45, 2.75) is 72.3 Å². The minimum absolute atomic E-state index is 0.143. The van der Waals surface area contributed by atoms with Gasteiger partial charge < -0.3 is 5.11 Å². The highest BCUT2D eigenvalue weighted by Crippen LogP contribution is 2.28. The third kappa shape index (κ3) is 5.16. The van der Waals surface area contributed by atoms with E-state index in [0.29, 0.717) is 5.41 Å². The third-order valence-corrected chi connectivity index (χ3v) is 3.36. The molecule has 0 saturated heterocycles. The lowest BCUT2D eigenvalue weighted by Crippen LogP contribution is -2.16. The molecule has 0 radical (unpaired) electrons. The van der Waals surface area contributed by atoms with Crippen LogP contribution in [-0.4, -0.2) is 11.2 Å². The summed E-state index contributed by atoms with van der Waals surface area (Å²) < 4.78 is 0. The van der Waals surface area contributed by atoms with E-state index in [1.165, 1.54) is 24.8 Å². The first-order valence-electron chi connectivity index (χ1n) is 6.75. The summed E-state index contributed by atoms with van der Waals surface area (Å²) in [5, 5.41) is 9.85. The molecule has 2 unspecified atom stereocenters. The van der Waals surface area contributed by atoms with E-state index in [0.717, 1.165) is 25.2 Å². The van der Waals surface area contributed by atoms with Crippen LogP contribution in [0.4, 0.5) is 0 Å². The zero-order valence-electron chi connectivity index (χ0n) is 11.4. The average molecular weight is 224 g/mol. The summed E-state index contributed by atoms with van der Waals surface area (Å²) in [6, 6.07) is 0. The Bertz CT molecular complexity index is 234. The average Bonchev–Trinajstić information content (AvgIpc) is 2.14. The number of allylic oxidation sites excluding steroid dienone is 1. The van der Waals surface area contributed by atoms with Crippen LogP contribution in [0, 0.1) is 11.3 Å². The van der Waals surface area contributed by atoms with E-state index in [4.69, 9.17) is 0 Å². The molecule has 0 heterocycles. The Morgan fingerprint density at radius 2 is 2.06 bits per heavy atom. The molecule has 0 aromatic heterocycles. The molecule has 1 fully saturated rings. The Labute approximate surface area is 101 Å². The van der Waals surface area contributed by atoms with Crippen LogP contribution in [0.5, 0.6) is 0 Å². The molecular weight excluding hydrogens is 196 g/mol. The molecule has 2 atom stereocenters. The SMILES string of the molecule is CC(CC=C1CCCCC1O)CC(C)(C)C. The first-order valence-corrected chi connectivity index (χ1v) is 6.75. The Hall–Kier alpha value is -0.300. The van der Waals surface area contributed by atoms with E-state index in [2.05, 4.69) is 33.8 Å². The summed E-state index contributed by atoms with van der Waals surface area (Å²) in [6.07, 6.45) is 9.09. The molecule has 94 valence electrons. The highest BCUT2D eigenvalue weighted by Gasteiger charge is 2.17. The third-order valence-electron chi connectivity index (χ3n) is 3.36. The summed E-state index contributed by atoms with van der Waals surface area (Å²) in [6.45, 7) is 9.21. The van der Waals surface area contributed by atoms with Gasteiger partial charge in [0.2, 0.25) is 0 Å². The molecule has 1 aliphatic carbocycles. The molecule has 1 heteroatoms. The first kappa shape index (κ1) is 13.8. The summed E-state index contributed by atoms with van der Waals surface area (Å²) in [5.74, 6) is 0.724. The van der Waals surface area contributed by atoms with E-state index >= 15 is 0 Å². The van der Waals surface area contributed by atoms with Gasteiger partial charge in [0.25, 0.3) is 0 Å². The van der Waals surface area contributed by atoms with Crippen LogP contribution in [0.3, 0.4) is 0 Å². The Kier molecular flexibility index (Phi) is 5.04. The van der Waals surface area contributed by atoms with Gasteiger partial charge >= 0.3 is 0 Å². The molecule has 1 saturated carbocycles. The number of aliphatic hydroxyl groups is 1. The van der Waals surface area contributed by atoms with Crippen LogP contribution >= 0.6 is 0 Å². The molecule has 1 rings (SSSR count). The van der Waals surface area contributed by atoms with E-state index in [1.807, 2.05) is 0 Å². The first-order chi connectivity index (χ1) is 7.38. The largest absolute Gasteiger partial charge is 0.389 e. The van der Waals surface area contributed by atoms with Gasteiger partial charge in [0.05, 0.1) is 6.10 Å². The Balaban J connectivity index is 2.39. The van der Waals surface area contributed by atoms with Gasteiger partial charge in [-0.3, -0.25) is 0 Å². The molecule has 0 bridgehead atoms. The van der Waals surface area contributed by atoms with Crippen LogP contribution in [-0.2, 0) is 0 Å². The van der Waals surface area contributed by atoms with Crippen LogP contribution in [0.15, 0.2) is 11.6 Å². The van der Waals surface area contributed by atoms with Crippen molar-refractivity contribution in [2.24, 2.45) is 11.3 Å². The van der Waals surface area contributed by atoms with E-state index < -0.39 is 0 Å².